The van der Waals surface area contributed by atoms with Gasteiger partial charge in [0.1, 0.15) is 23.8 Å². The number of hydrogen-bond donors (Lipinski definition) is 1. The molecule has 210 valence electrons. The monoisotopic (exact) mass is 563 g/mol. The molecule has 0 atom stereocenters. The molecule has 0 unspecified atom stereocenters. The topological polar surface area (TPSA) is 103 Å². The fourth-order valence-corrected chi connectivity index (χ4v) is 4.16. The van der Waals surface area contributed by atoms with Gasteiger partial charge in [0.2, 0.25) is 5.89 Å². The Morgan fingerprint density at radius 3 is 2.46 bits per heavy atom. The van der Waals surface area contributed by atoms with E-state index in [1.807, 2.05) is 54.6 Å². The molecular weight excluding hydrogens is 539 g/mol. The van der Waals surface area contributed by atoms with Crippen molar-refractivity contribution in [3.63, 3.8) is 0 Å². The van der Waals surface area contributed by atoms with Crippen LogP contribution in [0.15, 0.2) is 103 Å². The molecule has 3 aromatic carbocycles. The molecule has 0 fully saturated rings. The Balaban J connectivity index is 1.34. The first-order valence-electron chi connectivity index (χ1n) is 12.6. The van der Waals surface area contributed by atoms with Crippen LogP contribution in [0.3, 0.4) is 0 Å². The zero-order valence-corrected chi connectivity index (χ0v) is 21.8. The molecule has 0 aliphatic heterocycles. The molecule has 0 saturated carbocycles. The van der Waals surface area contributed by atoms with Crippen LogP contribution in [0, 0.1) is 6.92 Å². The Kier molecular flexibility index (Phi) is 7.77. The van der Waals surface area contributed by atoms with E-state index in [1.165, 1.54) is 12.1 Å². The number of ether oxygens (including phenoxy) is 1. The Bertz CT molecular complexity index is 1780. The smallest absolute Gasteiger partial charge is 0.440 e. The number of benzene rings is 3. The number of allylic oxidation sites excluding steroid dienone is 2. The lowest BCUT2D eigenvalue weighted by Gasteiger charge is -2.11. The van der Waals surface area contributed by atoms with Gasteiger partial charge in [-0.15, -0.1) is 4.74 Å². The molecule has 0 amide bonds. The van der Waals surface area contributed by atoms with Gasteiger partial charge >= 0.3 is 17.6 Å². The number of H-pyrrole nitrogens is 1. The number of nitrogens with one attached hydrogen (secondary N) is 1. The van der Waals surface area contributed by atoms with E-state index in [-0.39, 0.29) is 19.0 Å². The minimum Gasteiger partial charge on any atom is -0.487 e. The van der Waals surface area contributed by atoms with Crippen molar-refractivity contribution in [2.75, 3.05) is 0 Å². The number of hydrogen-bond acceptors (Lipinski definition) is 6. The molecule has 2 heterocycles. The van der Waals surface area contributed by atoms with Gasteiger partial charge in [-0.25, -0.2) is 19.6 Å². The summed E-state index contributed by atoms with van der Waals surface area (Å²) in [5, 5.41) is 0. The second kappa shape index (κ2) is 11.6. The second-order valence-electron chi connectivity index (χ2n) is 9.18. The first-order chi connectivity index (χ1) is 19.7. The summed E-state index contributed by atoms with van der Waals surface area (Å²) < 4.78 is 56.2. The number of aryl methyl sites for hydroxylation is 1. The molecule has 8 nitrogen and oxygen atoms in total. The van der Waals surface area contributed by atoms with Crippen molar-refractivity contribution in [2.45, 2.75) is 32.7 Å². The van der Waals surface area contributed by atoms with Crippen molar-refractivity contribution >= 4 is 5.57 Å². The third-order valence-corrected chi connectivity index (χ3v) is 6.30. The predicted molar refractivity (Wildman–Crippen MR) is 144 cm³/mol. The average Bonchev–Trinajstić information content (AvgIpc) is 3.49. The number of aromatic amines is 1. The zero-order valence-electron chi connectivity index (χ0n) is 21.8. The maximum atomic E-state index is 12.9. The number of oxazole rings is 1. The minimum absolute atomic E-state index is 0.0513. The number of alkyl halides is 3. The molecule has 1 N–H and O–H groups in total. The molecule has 0 radical (unpaired) electrons. The first kappa shape index (κ1) is 27.5. The summed E-state index contributed by atoms with van der Waals surface area (Å²) in [7, 11) is 0. The minimum atomic E-state index is -4.43. The summed E-state index contributed by atoms with van der Waals surface area (Å²) in [4.78, 5) is 29.8. The van der Waals surface area contributed by atoms with Gasteiger partial charge in [-0.05, 0) is 66.4 Å². The lowest BCUT2D eigenvalue weighted by molar-refractivity contribution is -0.137. The fraction of sp³-hybridized carbons (Fsp3) is 0.167. The zero-order chi connectivity index (χ0) is 29.0. The third-order valence-electron chi connectivity index (χ3n) is 6.30. The fourth-order valence-electron chi connectivity index (χ4n) is 4.16. The molecule has 2 aromatic heterocycles. The Hall–Kier alpha value is -5.06. The Labute approximate surface area is 231 Å². The summed E-state index contributed by atoms with van der Waals surface area (Å²) in [6.45, 7) is 1.83. The summed E-state index contributed by atoms with van der Waals surface area (Å²) in [5.41, 5.74) is 2.29. The molecule has 0 bridgehead atoms. The normalized spacial score (nSPS) is 12.0. The summed E-state index contributed by atoms with van der Waals surface area (Å²) >= 11 is 0. The standard InChI is InChI=1S/C30H24F3N3O5/c1-19-26(34-27(40-19)21-10-12-24(13-11-21)30(31,32)33)18-39-25-9-5-8-22(17-25)23(16-20-6-3-2-4-7-20)14-15-36-28(37)35-29(38)41-36/h2-14,17H,15-16,18H2,1H3,(H,35,37,38)/b23-14+. The van der Waals surface area contributed by atoms with Crippen LogP contribution < -0.4 is 16.2 Å². The Morgan fingerprint density at radius 1 is 1.02 bits per heavy atom. The number of rotatable bonds is 9. The molecule has 5 rings (SSSR count). The van der Waals surface area contributed by atoms with Gasteiger partial charge in [0.25, 0.3) is 0 Å². The van der Waals surface area contributed by atoms with E-state index in [4.69, 9.17) is 13.7 Å². The average molecular weight is 564 g/mol. The largest absolute Gasteiger partial charge is 0.487 e. The van der Waals surface area contributed by atoms with Crippen molar-refractivity contribution in [1.29, 1.82) is 0 Å². The maximum Gasteiger partial charge on any atom is 0.440 e. The highest BCUT2D eigenvalue weighted by Crippen LogP contribution is 2.31. The quantitative estimate of drug-likeness (QED) is 0.235. The molecule has 0 aliphatic rings. The van der Waals surface area contributed by atoms with Gasteiger partial charge in [-0.1, -0.05) is 48.5 Å². The van der Waals surface area contributed by atoms with Gasteiger partial charge < -0.3 is 13.7 Å². The van der Waals surface area contributed by atoms with E-state index in [0.717, 1.165) is 33.6 Å². The molecule has 41 heavy (non-hydrogen) atoms. The highest BCUT2D eigenvalue weighted by atomic mass is 19.4. The second-order valence-corrected chi connectivity index (χ2v) is 9.18. The lowest BCUT2D eigenvalue weighted by Crippen LogP contribution is -2.16. The van der Waals surface area contributed by atoms with Crippen LogP contribution in [0.25, 0.3) is 17.0 Å². The van der Waals surface area contributed by atoms with E-state index in [0.29, 0.717) is 29.2 Å². The van der Waals surface area contributed by atoms with Crippen molar-refractivity contribution in [2.24, 2.45) is 0 Å². The summed E-state index contributed by atoms with van der Waals surface area (Å²) in [6.07, 6.45) is -2.07. The van der Waals surface area contributed by atoms with Crippen LogP contribution >= 0.6 is 0 Å². The molecule has 0 spiro atoms. The third kappa shape index (κ3) is 6.75. The SMILES string of the molecule is Cc1oc(-c2ccc(C(F)(F)F)cc2)nc1COc1cccc(/C(=C/Cn2oc(=O)[nH]c2=O)Cc2ccccc2)c1. The molecular formula is C30H24F3N3O5. The van der Waals surface area contributed by atoms with Gasteiger partial charge in [0.15, 0.2) is 0 Å². The van der Waals surface area contributed by atoms with E-state index in [9.17, 15) is 22.8 Å². The van der Waals surface area contributed by atoms with Gasteiger partial charge in [-0.2, -0.15) is 13.2 Å². The van der Waals surface area contributed by atoms with Crippen LogP contribution in [-0.4, -0.2) is 14.7 Å². The van der Waals surface area contributed by atoms with Crippen LogP contribution in [0.4, 0.5) is 13.2 Å². The van der Waals surface area contributed by atoms with E-state index in [2.05, 4.69) is 9.97 Å². The van der Waals surface area contributed by atoms with E-state index in [1.54, 1.807) is 13.0 Å². The summed E-state index contributed by atoms with van der Waals surface area (Å²) in [5.74, 6) is 0.403. The first-order valence-corrected chi connectivity index (χ1v) is 12.6. The molecule has 5 aromatic rings. The van der Waals surface area contributed by atoms with Gasteiger partial charge in [0.05, 0.1) is 12.1 Å². The Morgan fingerprint density at radius 2 is 1.78 bits per heavy atom. The van der Waals surface area contributed by atoms with Crippen molar-refractivity contribution in [3.8, 4) is 17.2 Å². The number of aromatic nitrogens is 3. The van der Waals surface area contributed by atoms with Crippen LogP contribution in [-0.2, 0) is 25.7 Å². The summed E-state index contributed by atoms with van der Waals surface area (Å²) in [6, 6.07) is 21.7. The predicted octanol–water partition coefficient (Wildman–Crippen LogP) is 6.02. The maximum absolute atomic E-state index is 12.9. The van der Waals surface area contributed by atoms with E-state index >= 15 is 0 Å². The highest BCUT2D eigenvalue weighted by molar-refractivity contribution is 5.68. The molecule has 11 heteroatoms. The van der Waals surface area contributed by atoms with Crippen molar-refractivity contribution < 1.29 is 26.8 Å². The molecule has 0 saturated heterocycles. The van der Waals surface area contributed by atoms with Gasteiger partial charge in [-0.3, -0.25) is 0 Å². The van der Waals surface area contributed by atoms with Crippen molar-refractivity contribution in [3.05, 3.63) is 134 Å². The highest BCUT2D eigenvalue weighted by Gasteiger charge is 2.30. The van der Waals surface area contributed by atoms with Crippen LogP contribution in [0.5, 0.6) is 5.75 Å². The number of nitrogens with zero attached hydrogens (tertiary/aromatic N) is 2. The number of halogens is 3. The van der Waals surface area contributed by atoms with Crippen LogP contribution in [0.2, 0.25) is 0 Å². The van der Waals surface area contributed by atoms with E-state index < -0.39 is 23.2 Å². The lowest BCUT2D eigenvalue weighted by atomic mass is 9.97. The van der Waals surface area contributed by atoms with Crippen molar-refractivity contribution in [1.82, 2.24) is 14.7 Å². The van der Waals surface area contributed by atoms with Gasteiger partial charge in [0, 0.05) is 5.56 Å². The molecule has 0 aliphatic carbocycles. The van der Waals surface area contributed by atoms with Crippen LogP contribution in [0.1, 0.15) is 28.1 Å².